The molecule has 4 aromatic rings. The van der Waals surface area contributed by atoms with Crippen LogP contribution < -0.4 is 23.2 Å². The Bertz CT molecular complexity index is 1100. The quantitative estimate of drug-likeness (QED) is 0.454. The average molecular weight is 410 g/mol. The summed E-state index contributed by atoms with van der Waals surface area (Å²) < 4.78 is 36.3. The number of hydrogen-bond donors (Lipinski definition) is 0. The van der Waals surface area contributed by atoms with Gasteiger partial charge < -0.3 is 0 Å². The number of benzene rings is 3. The summed E-state index contributed by atoms with van der Waals surface area (Å²) in [5.41, 5.74) is 6.22. The highest BCUT2D eigenvalue weighted by molar-refractivity contribution is 5.83. The SMILES string of the molecule is Cc1cc(-c2ccccc2)cc(C)[n+]1-c1ccc2ccccc2c1.[O-][Cl+3]([O-])([O-])[O-]. The summed E-state index contributed by atoms with van der Waals surface area (Å²) in [5.74, 6) is 0. The molecule has 0 amide bonds. The van der Waals surface area contributed by atoms with Gasteiger partial charge in [-0.1, -0.05) is 54.6 Å². The number of hydrogen-bond acceptors (Lipinski definition) is 4. The van der Waals surface area contributed by atoms with Gasteiger partial charge in [-0.3, -0.25) is 0 Å². The summed E-state index contributed by atoms with van der Waals surface area (Å²) in [7, 11) is -4.94. The predicted octanol–water partition coefficient (Wildman–Crippen LogP) is 0.644. The third kappa shape index (κ3) is 5.60. The summed E-state index contributed by atoms with van der Waals surface area (Å²) in [4.78, 5) is 0. The molecule has 0 aliphatic carbocycles. The second kappa shape index (κ2) is 8.69. The van der Waals surface area contributed by atoms with Gasteiger partial charge in [0.1, 0.15) is 0 Å². The minimum atomic E-state index is -4.94. The van der Waals surface area contributed by atoms with E-state index in [1.54, 1.807) is 0 Å². The normalized spacial score (nSPS) is 11.1. The van der Waals surface area contributed by atoms with Gasteiger partial charge in [0.2, 0.25) is 5.69 Å². The van der Waals surface area contributed by atoms with Gasteiger partial charge in [-0.05, 0) is 28.0 Å². The molecule has 0 radical (unpaired) electrons. The third-order valence-corrected chi connectivity index (χ3v) is 4.53. The Morgan fingerprint density at radius 2 is 1.10 bits per heavy atom. The Morgan fingerprint density at radius 3 is 1.69 bits per heavy atom. The summed E-state index contributed by atoms with van der Waals surface area (Å²) in [6.45, 7) is 4.35. The molecular formula is C23H20ClNO4. The third-order valence-electron chi connectivity index (χ3n) is 4.53. The minimum Gasteiger partial charge on any atom is -0.222 e. The topological polar surface area (TPSA) is 96.1 Å². The molecule has 0 bridgehead atoms. The second-order valence-corrected chi connectivity index (χ2v) is 7.39. The van der Waals surface area contributed by atoms with Crippen LogP contribution in [-0.4, -0.2) is 0 Å². The molecule has 0 unspecified atom stereocenters. The Kier molecular flexibility index (Phi) is 6.27. The first-order chi connectivity index (χ1) is 13.7. The van der Waals surface area contributed by atoms with E-state index in [1.807, 2.05) is 0 Å². The summed E-state index contributed by atoms with van der Waals surface area (Å²) in [5, 5.41) is 2.55. The predicted molar refractivity (Wildman–Crippen MR) is 100 cm³/mol. The molecule has 5 nitrogen and oxygen atoms in total. The summed E-state index contributed by atoms with van der Waals surface area (Å²) >= 11 is 0. The zero-order valence-corrected chi connectivity index (χ0v) is 16.8. The monoisotopic (exact) mass is 409 g/mol. The van der Waals surface area contributed by atoms with E-state index in [2.05, 4.69) is 103 Å². The zero-order chi connectivity index (χ0) is 21.0. The lowest BCUT2D eigenvalue weighted by Crippen LogP contribution is -2.68. The molecular weight excluding hydrogens is 390 g/mol. The lowest BCUT2D eigenvalue weighted by Gasteiger charge is -2.17. The fourth-order valence-electron chi connectivity index (χ4n) is 3.42. The van der Waals surface area contributed by atoms with E-state index in [9.17, 15) is 0 Å². The second-order valence-electron chi connectivity index (χ2n) is 6.64. The number of fused-ring (bicyclic) bond motifs is 1. The van der Waals surface area contributed by atoms with E-state index in [0.717, 1.165) is 0 Å². The van der Waals surface area contributed by atoms with Crippen molar-refractivity contribution in [2.75, 3.05) is 0 Å². The number of aromatic nitrogens is 1. The molecule has 29 heavy (non-hydrogen) atoms. The zero-order valence-electron chi connectivity index (χ0n) is 16.0. The Morgan fingerprint density at radius 1 is 0.586 bits per heavy atom. The summed E-state index contributed by atoms with van der Waals surface area (Å²) in [6, 6.07) is 30.2. The molecule has 0 atom stereocenters. The van der Waals surface area contributed by atoms with Crippen molar-refractivity contribution >= 4 is 10.8 Å². The minimum absolute atomic E-state index is 1.21. The van der Waals surface area contributed by atoms with Gasteiger partial charge in [0.25, 0.3) is 0 Å². The maximum atomic E-state index is 8.49. The van der Waals surface area contributed by atoms with Crippen molar-refractivity contribution < 1.29 is 33.4 Å². The van der Waals surface area contributed by atoms with E-state index < -0.39 is 10.2 Å². The van der Waals surface area contributed by atoms with Crippen LogP contribution in [0.15, 0.2) is 84.9 Å². The number of halogens is 1. The van der Waals surface area contributed by atoms with E-state index in [4.69, 9.17) is 18.6 Å². The van der Waals surface area contributed by atoms with E-state index in [-0.39, 0.29) is 0 Å². The molecule has 0 aliphatic rings. The molecule has 4 rings (SSSR count). The van der Waals surface area contributed by atoms with Crippen molar-refractivity contribution in [2.24, 2.45) is 0 Å². The Labute approximate surface area is 171 Å². The molecule has 6 heteroatoms. The maximum Gasteiger partial charge on any atom is 0.211 e. The van der Waals surface area contributed by atoms with Crippen LogP contribution in [0.1, 0.15) is 11.4 Å². The van der Waals surface area contributed by atoms with Gasteiger partial charge >= 0.3 is 0 Å². The lowest BCUT2D eigenvalue weighted by atomic mass is 10.0. The molecule has 0 fully saturated rings. The highest BCUT2D eigenvalue weighted by Crippen LogP contribution is 2.22. The fourth-order valence-corrected chi connectivity index (χ4v) is 3.42. The first kappa shape index (κ1) is 20.9. The highest BCUT2D eigenvalue weighted by Gasteiger charge is 2.16. The molecule has 0 aliphatic heterocycles. The van der Waals surface area contributed by atoms with Crippen molar-refractivity contribution in [3.05, 3.63) is 96.3 Å². The summed E-state index contributed by atoms with van der Waals surface area (Å²) in [6.07, 6.45) is 0. The van der Waals surface area contributed by atoms with Crippen molar-refractivity contribution in [1.82, 2.24) is 0 Å². The molecule has 148 valence electrons. The first-order valence-corrected chi connectivity index (χ1v) is 10.2. The molecule has 0 saturated carbocycles. The molecule has 1 aromatic heterocycles. The standard InChI is InChI=1S/C23H20N.ClHO4/c1-17-14-22(19-8-4-3-5-9-19)15-18(2)24(17)23-13-12-20-10-6-7-11-21(20)16-23;2-1(3,4)5/h3-16H,1-2H3;(H,2,3,4,5)/q+1;/p-1. The average Bonchev–Trinajstić information content (AvgIpc) is 2.67. The largest absolute Gasteiger partial charge is 0.222 e. The van der Waals surface area contributed by atoms with Crippen molar-refractivity contribution in [3.63, 3.8) is 0 Å². The van der Waals surface area contributed by atoms with Crippen LogP contribution in [0.5, 0.6) is 0 Å². The van der Waals surface area contributed by atoms with Crippen LogP contribution in [0, 0.1) is 24.1 Å². The van der Waals surface area contributed by atoms with Gasteiger partial charge in [0.15, 0.2) is 11.4 Å². The van der Waals surface area contributed by atoms with Crippen molar-refractivity contribution in [1.29, 1.82) is 0 Å². The van der Waals surface area contributed by atoms with Gasteiger partial charge in [0, 0.05) is 38.1 Å². The van der Waals surface area contributed by atoms with E-state index >= 15 is 0 Å². The van der Waals surface area contributed by atoms with Crippen LogP contribution in [0.4, 0.5) is 0 Å². The maximum absolute atomic E-state index is 8.49. The molecule has 1 heterocycles. The van der Waals surface area contributed by atoms with Crippen LogP contribution in [0.25, 0.3) is 27.6 Å². The number of aryl methyl sites for hydroxylation is 2. The fraction of sp³-hybridized carbons (Fsp3) is 0.0870. The molecule has 0 N–H and O–H groups in total. The van der Waals surface area contributed by atoms with Gasteiger partial charge in [0.05, 0.1) is 0 Å². The smallest absolute Gasteiger partial charge is 0.211 e. The lowest BCUT2D eigenvalue weighted by molar-refractivity contribution is -2.00. The molecule has 3 aromatic carbocycles. The van der Waals surface area contributed by atoms with Crippen molar-refractivity contribution in [3.8, 4) is 16.8 Å². The van der Waals surface area contributed by atoms with Gasteiger partial charge in [-0.15, -0.1) is 10.2 Å². The Balaban J connectivity index is 0.000000431. The van der Waals surface area contributed by atoms with Crippen LogP contribution >= 0.6 is 0 Å². The number of nitrogens with zero attached hydrogens (tertiary/aromatic N) is 1. The number of rotatable bonds is 2. The van der Waals surface area contributed by atoms with Gasteiger partial charge in [-0.2, -0.15) is 4.57 Å². The van der Waals surface area contributed by atoms with Crippen molar-refractivity contribution in [2.45, 2.75) is 13.8 Å². The Hall–Kier alpha value is -2.80. The van der Waals surface area contributed by atoms with E-state index in [0.29, 0.717) is 0 Å². The van der Waals surface area contributed by atoms with Crippen LogP contribution in [0.3, 0.4) is 0 Å². The molecule has 0 saturated heterocycles. The first-order valence-electron chi connectivity index (χ1n) is 8.92. The number of pyridine rings is 1. The van der Waals surface area contributed by atoms with Crippen LogP contribution in [0.2, 0.25) is 0 Å². The van der Waals surface area contributed by atoms with Gasteiger partial charge in [-0.25, -0.2) is 18.6 Å². The highest BCUT2D eigenvalue weighted by atomic mass is 35.7. The van der Waals surface area contributed by atoms with E-state index in [1.165, 1.54) is 39.0 Å². The molecule has 0 spiro atoms. The van der Waals surface area contributed by atoms with Crippen LogP contribution in [-0.2, 0) is 0 Å².